The van der Waals surface area contributed by atoms with E-state index in [1.54, 1.807) is 18.2 Å². The third-order valence-electron chi connectivity index (χ3n) is 3.86. The van der Waals surface area contributed by atoms with Gasteiger partial charge in [0.2, 0.25) is 0 Å². The van der Waals surface area contributed by atoms with Gasteiger partial charge in [0.05, 0.1) is 22.9 Å². The number of rotatable bonds is 6. The lowest BCUT2D eigenvalue weighted by atomic mass is 10.1. The molecule has 1 amide bonds. The molecule has 136 valence electrons. The molecule has 0 N–H and O–H groups in total. The fraction of sp³-hybridized carbons (Fsp3) is 0.222. The smallest absolute Gasteiger partial charge is 0.299 e. The summed E-state index contributed by atoms with van der Waals surface area (Å²) in [4.78, 5) is 25.7. The van der Waals surface area contributed by atoms with Crippen LogP contribution in [0.3, 0.4) is 0 Å². The van der Waals surface area contributed by atoms with Crippen molar-refractivity contribution < 1.29 is 14.3 Å². The quantitative estimate of drug-likeness (QED) is 0.435. The predicted octanol–water partition coefficient (Wildman–Crippen LogP) is 5.69. The maximum absolute atomic E-state index is 12.2. The Morgan fingerprint density at radius 1 is 0.846 bits per heavy atom. The van der Waals surface area contributed by atoms with Crippen LogP contribution in [0.25, 0.3) is 0 Å². The minimum Gasteiger partial charge on any atom is -0.493 e. The Kier molecular flexibility index (Phi) is 5.98. The topological polar surface area (TPSA) is 46.6 Å². The highest BCUT2D eigenvalue weighted by molar-refractivity contribution is 6.54. The van der Waals surface area contributed by atoms with Crippen molar-refractivity contribution in [2.24, 2.45) is 0 Å². The van der Waals surface area contributed by atoms with Crippen molar-refractivity contribution in [2.75, 3.05) is 18.1 Å². The van der Waals surface area contributed by atoms with Crippen LogP contribution >= 0.6 is 46.4 Å². The number of ether oxygens (including phenoxy) is 1. The number of halogens is 4. The average Bonchev–Trinajstić information content (AvgIpc) is 2.79. The zero-order chi connectivity index (χ0) is 18.8. The first-order valence-corrected chi connectivity index (χ1v) is 9.32. The van der Waals surface area contributed by atoms with Crippen LogP contribution in [0.4, 0.5) is 5.69 Å². The lowest BCUT2D eigenvalue weighted by Gasteiger charge is -2.17. The van der Waals surface area contributed by atoms with Gasteiger partial charge in [0.15, 0.2) is 0 Å². The lowest BCUT2D eigenvalue weighted by molar-refractivity contribution is -0.114. The molecule has 0 unspecified atom stereocenters. The number of Topliss-reactive ketones (excluding diaryl/α,β-unsaturated/α-hetero) is 1. The van der Waals surface area contributed by atoms with E-state index in [2.05, 4.69) is 0 Å². The van der Waals surface area contributed by atoms with E-state index in [1.807, 2.05) is 0 Å². The number of hydrogen-bond acceptors (Lipinski definition) is 3. The summed E-state index contributed by atoms with van der Waals surface area (Å²) in [6.45, 7) is 0.784. The molecule has 0 aliphatic carbocycles. The number of fused-ring (bicyclic) bond motifs is 1. The van der Waals surface area contributed by atoms with Crippen molar-refractivity contribution in [1.82, 2.24) is 0 Å². The summed E-state index contributed by atoms with van der Waals surface area (Å²) in [6, 6.07) is 7.97. The molecule has 0 atom stereocenters. The van der Waals surface area contributed by atoms with Crippen molar-refractivity contribution in [1.29, 1.82) is 0 Å². The first kappa shape index (κ1) is 19.3. The van der Waals surface area contributed by atoms with Crippen LogP contribution in [0.15, 0.2) is 30.3 Å². The second-order valence-electron chi connectivity index (χ2n) is 5.73. The van der Waals surface area contributed by atoms with Crippen LogP contribution in [0, 0.1) is 0 Å². The van der Waals surface area contributed by atoms with Crippen LogP contribution in [0.2, 0.25) is 20.1 Å². The van der Waals surface area contributed by atoms with Crippen LogP contribution in [-0.4, -0.2) is 24.8 Å². The molecular weight excluding hydrogens is 420 g/mol. The minimum atomic E-state index is -0.591. The molecular formula is C18H13Cl4NO3. The highest BCUT2D eigenvalue weighted by atomic mass is 35.5. The highest BCUT2D eigenvalue weighted by Crippen LogP contribution is 2.38. The third kappa shape index (κ3) is 4.09. The van der Waals surface area contributed by atoms with Gasteiger partial charge in [-0.2, -0.15) is 0 Å². The molecule has 2 aromatic rings. The van der Waals surface area contributed by atoms with E-state index in [1.165, 1.54) is 17.0 Å². The fourth-order valence-electron chi connectivity index (χ4n) is 2.74. The Morgan fingerprint density at radius 2 is 1.50 bits per heavy atom. The summed E-state index contributed by atoms with van der Waals surface area (Å²) >= 11 is 23.9. The Labute approximate surface area is 170 Å². The molecule has 0 spiro atoms. The Balaban J connectivity index is 1.57. The maximum atomic E-state index is 12.2. The standard InChI is InChI=1S/C18H13Cl4NO3/c19-10-5-11(20)7-13(6-10)26-4-2-1-3-23-16-14(17(24)18(23)25)8-12(21)9-15(16)22/h5-9H,1-4H2. The van der Waals surface area contributed by atoms with E-state index in [-0.39, 0.29) is 10.6 Å². The summed E-state index contributed by atoms with van der Waals surface area (Å²) in [5.74, 6) is -0.598. The lowest BCUT2D eigenvalue weighted by Crippen LogP contribution is -2.31. The molecule has 0 fully saturated rings. The molecule has 1 aliphatic heterocycles. The number of amides is 1. The van der Waals surface area contributed by atoms with Gasteiger partial charge in [-0.3, -0.25) is 9.59 Å². The summed E-state index contributed by atoms with van der Waals surface area (Å²) in [5.41, 5.74) is 0.672. The molecule has 3 rings (SSSR count). The average molecular weight is 433 g/mol. The van der Waals surface area contributed by atoms with E-state index in [4.69, 9.17) is 51.1 Å². The van der Waals surface area contributed by atoms with Gasteiger partial charge in [0.25, 0.3) is 11.7 Å². The first-order chi connectivity index (χ1) is 12.4. The summed E-state index contributed by atoms with van der Waals surface area (Å²) in [6.07, 6.45) is 1.30. The van der Waals surface area contributed by atoms with Crippen molar-refractivity contribution >= 4 is 63.8 Å². The second kappa shape index (κ2) is 8.05. The van der Waals surface area contributed by atoms with Crippen LogP contribution in [0.5, 0.6) is 5.75 Å². The number of hydrogen-bond donors (Lipinski definition) is 0. The molecule has 0 bridgehead atoms. The molecule has 1 heterocycles. The van der Waals surface area contributed by atoms with Gasteiger partial charge >= 0.3 is 0 Å². The summed E-state index contributed by atoms with van der Waals surface area (Å²) < 4.78 is 5.61. The molecule has 26 heavy (non-hydrogen) atoms. The maximum Gasteiger partial charge on any atom is 0.299 e. The van der Waals surface area contributed by atoms with Gasteiger partial charge in [0, 0.05) is 21.6 Å². The highest BCUT2D eigenvalue weighted by Gasteiger charge is 2.37. The van der Waals surface area contributed by atoms with Gasteiger partial charge in [0.1, 0.15) is 5.75 Å². The third-order valence-corrected chi connectivity index (χ3v) is 4.81. The van der Waals surface area contributed by atoms with E-state index in [9.17, 15) is 9.59 Å². The number of nitrogens with zero attached hydrogens (tertiary/aromatic N) is 1. The Morgan fingerprint density at radius 3 is 2.19 bits per heavy atom. The van der Waals surface area contributed by atoms with E-state index >= 15 is 0 Å². The van der Waals surface area contributed by atoms with Gasteiger partial charge < -0.3 is 9.64 Å². The van der Waals surface area contributed by atoms with Gasteiger partial charge in [-0.05, 0) is 43.2 Å². The molecule has 0 saturated heterocycles. The van der Waals surface area contributed by atoms with Crippen LogP contribution < -0.4 is 9.64 Å². The molecule has 2 aromatic carbocycles. The van der Waals surface area contributed by atoms with Crippen molar-refractivity contribution in [3.8, 4) is 5.75 Å². The van der Waals surface area contributed by atoms with Crippen LogP contribution in [-0.2, 0) is 4.79 Å². The largest absolute Gasteiger partial charge is 0.493 e. The Hall–Kier alpha value is -1.46. The van der Waals surface area contributed by atoms with Crippen molar-refractivity contribution in [2.45, 2.75) is 12.8 Å². The molecule has 0 saturated carbocycles. The number of benzene rings is 2. The van der Waals surface area contributed by atoms with E-state index < -0.39 is 11.7 Å². The van der Waals surface area contributed by atoms with Gasteiger partial charge in [-0.1, -0.05) is 46.4 Å². The second-order valence-corrected chi connectivity index (χ2v) is 7.45. The van der Waals surface area contributed by atoms with E-state index in [0.717, 1.165) is 0 Å². The van der Waals surface area contributed by atoms with Crippen molar-refractivity contribution in [3.63, 3.8) is 0 Å². The Bertz CT molecular complexity index is 865. The zero-order valence-electron chi connectivity index (χ0n) is 13.4. The van der Waals surface area contributed by atoms with Gasteiger partial charge in [-0.15, -0.1) is 0 Å². The number of unbranched alkanes of at least 4 members (excludes halogenated alkanes) is 1. The molecule has 8 heteroatoms. The number of anilines is 1. The van der Waals surface area contributed by atoms with E-state index in [0.29, 0.717) is 52.5 Å². The normalized spacial score (nSPS) is 13.3. The minimum absolute atomic E-state index is 0.248. The SMILES string of the molecule is O=C1C(=O)N(CCCCOc2cc(Cl)cc(Cl)c2)c2c(Cl)cc(Cl)cc21. The number of carbonyl (C=O) groups is 2. The summed E-state index contributed by atoms with van der Waals surface area (Å²) in [5, 5.41) is 1.61. The van der Waals surface area contributed by atoms with Crippen molar-refractivity contribution in [3.05, 3.63) is 56.0 Å². The molecule has 0 aromatic heterocycles. The molecule has 0 radical (unpaired) electrons. The monoisotopic (exact) mass is 431 g/mol. The number of carbonyl (C=O) groups excluding carboxylic acids is 2. The summed E-state index contributed by atoms with van der Waals surface area (Å²) in [7, 11) is 0. The number of ketones is 1. The zero-order valence-corrected chi connectivity index (χ0v) is 16.4. The first-order valence-electron chi connectivity index (χ1n) is 7.81. The molecule has 4 nitrogen and oxygen atoms in total. The van der Waals surface area contributed by atoms with Crippen LogP contribution in [0.1, 0.15) is 23.2 Å². The molecule has 1 aliphatic rings. The predicted molar refractivity (Wildman–Crippen MR) is 104 cm³/mol. The van der Waals surface area contributed by atoms with Gasteiger partial charge in [-0.25, -0.2) is 0 Å². The fourth-order valence-corrected chi connectivity index (χ4v) is 3.84.